The maximum Gasteiger partial charge on any atom is 0.354 e. The highest BCUT2D eigenvalue weighted by molar-refractivity contribution is 6.07. The van der Waals surface area contributed by atoms with E-state index in [1.165, 1.54) is 24.1 Å². The minimum absolute atomic E-state index is 0.121. The van der Waals surface area contributed by atoms with Crippen LogP contribution in [0.5, 0.6) is 0 Å². The van der Waals surface area contributed by atoms with Crippen molar-refractivity contribution in [3.8, 4) is 0 Å². The molecule has 2 aromatic carbocycles. The molecule has 0 aliphatic carbocycles. The van der Waals surface area contributed by atoms with Crippen molar-refractivity contribution < 1.29 is 23.5 Å². The number of halogens is 1. The summed E-state index contributed by atoms with van der Waals surface area (Å²) in [6.07, 6.45) is 0. The average Bonchev–Trinajstić information content (AvgIpc) is 3.05. The molecule has 33 heavy (non-hydrogen) atoms. The van der Waals surface area contributed by atoms with Gasteiger partial charge in [-0.2, -0.15) is 0 Å². The molecule has 0 radical (unpaired) electrons. The third kappa shape index (κ3) is 4.72. The number of nitrogens with zero attached hydrogens (tertiary/aromatic N) is 2. The Balaban J connectivity index is 2.03. The molecule has 3 rings (SSSR count). The van der Waals surface area contributed by atoms with E-state index in [4.69, 9.17) is 4.74 Å². The predicted octanol–water partition coefficient (Wildman–Crippen LogP) is 4.48. The van der Waals surface area contributed by atoms with Gasteiger partial charge >= 0.3 is 5.97 Å². The van der Waals surface area contributed by atoms with Crippen molar-refractivity contribution in [1.82, 2.24) is 9.47 Å². The van der Waals surface area contributed by atoms with E-state index in [0.29, 0.717) is 33.6 Å². The van der Waals surface area contributed by atoms with Gasteiger partial charge in [0.1, 0.15) is 11.5 Å². The SMILES string of the molecule is COC(=O)c1c(C)c(C(=O)C(C)N(Cc2ccc(F)cc2)C(=O)c2ccccc2)c(C)n1C. The number of carbonyl (C=O) groups excluding carboxylic acids is 3. The number of hydrogen-bond donors (Lipinski definition) is 0. The first-order valence-electron chi connectivity index (χ1n) is 10.6. The van der Waals surface area contributed by atoms with Gasteiger partial charge < -0.3 is 14.2 Å². The lowest BCUT2D eigenvalue weighted by Gasteiger charge is -2.29. The lowest BCUT2D eigenvalue weighted by Crippen LogP contribution is -2.43. The van der Waals surface area contributed by atoms with Crippen LogP contribution >= 0.6 is 0 Å². The molecular weight excluding hydrogens is 423 g/mol. The van der Waals surface area contributed by atoms with Crippen molar-refractivity contribution in [2.75, 3.05) is 7.11 Å². The van der Waals surface area contributed by atoms with E-state index in [1.54, 1.807) is 74.9 Å². The Morgan fingerprint density at radius 3 is 2.21 bits per heavy atom. The van der Waals surface area contributed by atoms with E-state index in [9.17, 15) is 18.8 Å². The number of benzene rings is 2. The minimum atomic E-state index is -0.840. The summed E-state index contributed by atoms with van der Waals surface area (Å²) in [5, 5.41) is 0. The molecular formula is C26H27FN2O4. The summed E-state index contributed by atoms with van der Waals surface area (Å²) in [7, 11) is 2.98. The number of amides is 1. The number of rotatable bonds is 7. The maximum atomic E-state index is 13.7. The first-order valence-corrected chi connectivity index (χ1v) is 10.6. The summed E-state index contributed by atoms with van der Waals surface area (Å²) in [5.74, 6) is -1.52. The number of carbonyl (C=O) groups is 3. The van der Waals surface area contributed by atoms with Gasteiger partial charge in [0, 0.05) is 30.4 Å². The lowest BCUT2D eigenvalue weighted by molar-refractivity contribution is 0.0587. The van der Waals surface area contributed by atoms with Crippen molar-refractivity contribution in [3.05, 3.63) is 94.1 Å². The van der Waals surface area contributed by atoms with Gasteiger partial charge in [-0.15, -0.1) is 0 Å². The summed E-state index contributed by atoms with van der Waals surface area (Å²) in [5.41, 5.74) is 2.93. The molecule has 0 saturated heterocycles. The fourth-order valence-corrected chi connectivity index (χ4v) is 3.99. The number of Topliss-reactive ketones (excluding diaryl/α,β-unsaturated/α-hetero) is 1. The van der Waals surface area contributed by atoms with E-state index >= 15 is 0 Å². The Labute approximate surface area is 192 Å². The fraction of sp³-hybridized carbons (Fsp3) is 0.269. The van der Waals surface area contributed by atoms with Crippen molar-refractivity contribution in [2.45, 2.75) is 33.4 Å². The first-order chi connectivity index (χ1) is 15.7. The first kappa shape index (κ1) is 23.9. The summed E-state index contributed by atoms with van der Waals surface area (Å²) < 4.78 is 19.9. The van der Waals surface area contributed by atoms with Gasteiger partial charge in [-0.1, -0.05) is 30.3 Å². The maximum absolute atomic E-state index is 13.7. The Hall–Kier alpha value is -3.74. The third-order valence-corrected chi connectivity index (χ3v) is 5.95. The Morgan fingerprint density at radius 1 is 1.03 bits per heavy atom. The predicted molar refractivity (Wildman–Crippen MR) is 123 cm³/mol. The van der Waals surface area contributed by atoms with Crippen molar-refractivity contribution in [2.24, 2.45) is 7.05 Å². The lowest BCUT2D eigenvalue weighted by atomic mass is 9.98. The summed E-state index contributed by atoms with van der Waals surface area (Å²) >= 11 is 0. The normalized spacial score (nSPS) is 11.7. The second-order valence-electron chi connectivity index (χ2n) is 7.95. The van der Waals surface area contributed by atoms with E-state index < -0.39 is 12.0 Å². The van der Waals surface area contributed by atoms with Crippen molar-refractivity contribution in [1.29, 1.82) is 0 Å². The van der Waals surface area contributed by atoms with Crippen molar-refractivity contribution >= 4 is 17.7 Å². The molecule has 3 aromatic rings. The molecule has 0 spiro atoms. The number of methoxy groups -OCH3 is 1. The van der Waals surface area contributed by atoms with Crippen LogP contribution in [0.4, 0.5) is 4.39 Å². The monoisotopic (exact) mass is 450 g/mol. The van der Waals surface area contributed by atoms with Crippen LogP contribution in [0, 0.1) is 19.7 Å². The highest BCUT2D eigenvalue weighted by Crippen LogP contribution is 2.26. The second-order valence-corrected chi connectivity index (χ2v) is 7.95. The zero-order valence-corrected chi connectivity index (χ0v) is 19.4. The number of ketones is 1. The Morgan fingerprint density at radius 2 is 1.64 bits per heavy atom. The standard InChI is InChI=1S/C26H27FN2O4/c1-16-22(17(2)28(4)23(16)26(32)33-5)24(30)18(3)29(15-19-11-13-21(27)14-12-19)25(31)20-9-7-6-8-10-20/h6-14,18H,15H2,1-5H3. The number of aromatic nitrogens is 1. The molecule has 0 bridgehead atoms. The van der Waals surface area contributed by atoms with Gasteiger partial charge in [-0.05, 0) is 56.2 Å². The highest BCUT2D eigenvalue weighted by atomic mass is 19.1. The molecule has 0 N–H and O–H groups in total. The number of hydrogen-bond acceptors (Lipinski definition) is 4. The van der Waals surface area contributed by atoms with Gasteiger partial charge in [0.15, 0.2) is 5.78 Å². The molecule has 172 valence electrons. The molecule has 1 unspecified atom stereocenters. The van der Waals surface area contributed by atoms with Crippen molar-refractivity contribution in [3.63, 3.8) is 0 Å². The van der Waals surface area contributed by atoms with E-state index in [0.717, 1.165) is 0 Å². The van der Waals surface area contributed by atoms with Gasteiger partial charge in [-0.3, -0.25) is 9.59 Å². The van der Waals surface area contributed by atoms with E-state index in [1.807, 2.05) is 0 Å². The molecule has 7 heteroatoms. The van der Waals surface area contributed by atoms with Gasteiger partial charge in [-0.25, -0.2) is 9.18 Å². The summed E-state index contributed by atoms with van der Waals surface area (Å²) in [6.45, 7) is 5.23. The summed E-state index contributed by atoms with van der Waals surface area (Å²) in [4.78, 5) is 40.8. The van der Waals surface area contributed by atoms with Crippen LogP contribution in [0.15, 0.2) is 54.6 Å². The number of ether oxygens (including phenoxy) is 1. The zero-order chi connectivity index (χ0) is 24.3. The molecule has 1 heterocycles. The smallest absolute Gasteiger partial charge is 0.354 e. The molecule has 0 saturated carbocycles. The third-order valence-electron chi connectivity index (χ3n) is 5.95. The quantitative estimate of drug-likeness (QED) is 0.393. The molecule has 0 aliphatic rings. The fourth-order valence-electron chi connectivity index (χ4n) is 3.99. The van der Waals surface area contributed by atoms with Crippen LogP contribution in [0.25, 0.3) is 0 Å². The van der Waals surface area contributed by atoms with Crippen LogP contribution in [-0.4, -0.2) is 40.3 Å². The molecule has 0 fully saturated rings. The van der Waals surface area contributed by atoms with Crippen LogP contribution in [-0.2, 0) is 18.3 Å². The van der Waals surface area contributed by atoms with Crippen LogP contribution < -0.4 is 0 Å². The van der Waals surface area contributed by atoms with Crippen LogP contribution in [0.3, 0.4) is 0 Å². The van der Waals surface area contributed by atoms with Gasteiger partial charge in [0.2, 0.25) is 0 Å². The topological polar surface area (TPSA) is 68.6 Å². The van der Waals surface area contributed by atoms with Gasteiger partial charge in [0.05, 0.1) is 13.2 Å². The summed E-state index contributed by atoms with van der Waals surface area (Å²) in [6, 6.07) is 13.7. The molecule has 1 aromatic heterocycles. The number of esters is 1. The zero-order valence-electron chi connectivity index (χ0n) is 19.4. The molecule has 0 aliphatic heterocycles. The second kappa shape index (κ2) is 9.81. The van der Waals surface area contributed by atoms with E-state index in [2.05, 4.69) is 0 Å². The van der Waals surface area contributed by atoms with E-state index in [-0.39, 0.29) is 24.1 Å². The Bertz CT molecular complexity index is 1180. The molecule has 1 atom stereocenters. The Kier molecular flexibility index (Phi) is 7.11. The highest BCUT2D eigenvalue weighted by Gasteiger charge is 2.32. The minimum Gasteiger partial charge on any atom is -0.464 e. The van der Waals surface area contributed by atoms with Crippen LogP contribution in [0.2, 0.25) is 0 Å². The van der Waals surface area contributed by atoms with Gasteiger partial charge in [0.25, 0.3) is 5.91 Å². The molecule has 6 nitrogen and oxygen atoms in total. The average molecular weight is 451 g/mol. The largest absolute Gasteiger partial charge is 0.464 e. The molecule has 1 amide bonds. The van der Waals surface area contributed by atoms with Crippen LogP contribution in [0.1, 0.15) is 54.9 Å².